The Balaban J connectivity index is 2.60. The molecule has 0 spiro atoms. The van der Waals surface area contributed by atoms with Crippen LogP contribution in [0.25, 0.3) is 11.3 Å². The molecular weight excluding hydrogens is 305 g/mol. The zero-order chi connectivity index (χ0) is 13.3. The SMILES string of the molecule is CCc1onc(-c2ccc(F)c(Br)c2)c1C(=O)O. The van der Waals surface area contributed by atoms with Gasteiger partial charge in [0.25, 0.3) is 0 Å². The molecule has 1 N–H and O–H groups in total. The van der Waals surface area contributed by atoms with Crippen molar-refractivity contribution in [2.75, 3.05) is 0 Å². The van der Waals surface area contributed by atoms with Crippen molar-refractivity contribution < 1.29 is 18.8 Å². The van der Waals surface area contributed by atoms with E-state index in [0.717, 1.165) is 0 Å². The van der Waals surface area contributed by atoms with Gasteiger partial charge in [-0.25, -0.2) is 9.18 Å². The Bertz CT molecular complexity index is 609. The lowest BCUT2D eigenvalue weighted by molar-refractivity contribution is 0.0695. The Morgan fingerprint density at radius 3 is 2.83 bits per heavy atom. The van der Waals surface area contributed by atoms with Crippen molar-refractivity contribution in [3.8, 4) is 11.3 Å². The lowest BCUT2D eigenvalue weighted by Crippen LogP contribution is -2.01. The summed E-state index contributed by atoms with van der Waals surface area (Å²) in [6, 6.07) is 4.17. The number of aryl methyl sites for hydroxylation is 1. The van der Waals surface area contributed by atoms with Crippen molar-refractivity contribution in [1.82, 2.24) is 5.16 Å². The van der Waals surface area contributed by atoms with Crippen molar-refractivity contribution in [3.63, 3.8) is 0 Å². The van der Waals surface area contributed by atoms with Crippen molar-refractivity contribution in [2.45, 2.75) is 13.3 Å². The highest BCUT2D eigenvalue weighted by Crippen LogP contribution is 2.29. The van der Waals surface area contributed by atoms with Gasteiger partial charge in [0.1, 0.15) is 17.1 Å². The first-order valence-corrected chi connectivity index (χ1v) is 6.01. The molecule has 0 aliphatic heterocycles. The van der Waals surface area contributed by atoms with E-state index in [9.17, 15) is 9.18 Å². The fourth-order valence-corrected chi connectivity index (χ4v) is 2.01. The van der Waals surface area contributed by atoms with Crippen LogP contribution >= 0.6 is 15.9 Å². The van der Waals surface area contributed by atoms with Crippen LogP contribution in [-0.2, 0) is 6.42 Å². The van der Waals surface area contributed by atoms with Gasteiger partial charge in [-0.1, -0.05) is 12.1 Å². The van der Waals surface area contributed by atoms with E-state index < -0.39 is 11.8 Å². The molecule has 0 unspecified atom stereocenters. The molecule has 0 saturated carbocycles. The van der Waals surface area contributed by atoms with Gasteiger partial charge in [0.2, 0.25) is 0 Å². The molecule has 1 aromatic carbocycles. The fraction of sp³-hybridized carbons (Fsp3) is 0.167. The molecule has 0 bridgehead atoms. The molecule has 0 fully saturated rings. The van der Waals surface area contributed by atoms with Gasteiger partial charge in [0.15, 0.2) is 5.76 Å². The summed E-state index contributed by atoms with van der Waals surface area (Å²) >= 11 is 3.05. The second kappa shape index (κ2) is 4.89. The number of benzene rings is 1. The number of carboxylic acids is 1. The Hall–Kier alpha value is -1.69. The van der Waals surface area contributed by atoms with E-state index >= 15 is 0 Å². The second-order valence-electron chi connectivity index (χ2n) is 3.62. The molecule has 0 aliphatic carbocycles. The molecule has 94 valence electrons. The van der Waals surface area contributed by atoms with Crippen LogP contribution in [0, 0.1) is 5.82 Å². The van der Waals surface area contributed by atoms with Gasteiger partial charge in [-0.3, -0.25) is 0 Å². The molecule has 0 amide bonds. The molecule has 18 heavy (non-hydrogen) atoms. The van der Waals surface area contributed by atoms with E-state index in [4.69, 9.17) is 9.63 Å². The maximum atomic E-state index is 13.1. The average Bonchev–Trinajstić information content (AvgIpc) is 2.76. The number of carboxylic acid groups (broad SMARTS) is 1. The van der Waals surface area contributed by atoms with Crippen LogP contribution in [0.4, 0.5) is 4.39 Å². The zero-order valence-corrected chi connectivity index (χ0v) is 11.0. The van der Waals surface area contributed by atoms with Crippen LogP contribution < -0.4 is 0 Å². The molecule has 2 rings (SSSR count). The van der Waals surface area contributed by atoms with Gasteiger partial charge in [0, 0.05) is 12.0 Å². The second-order valence-corrected chi connectivity index (χ2v) is 4.47. The Kier molecular flexibility index (Phi) is 3.47. The van der Waals surface area contributed by atoms with Gasteiger partial charge < -0.3 is 9.63 Å². The number of hydrogen-bond acceptors (Lipinski definition) is 3. The number of carbonyl (C=O) groups is 1. The monoisotopic (exact) mass is 313 g/mol. The summed E-state index contributed by atoms with van der Waals surface area (Å²) in [6.07, 6.45) is 0.428. The van der Waals surface area contributed by atoms with Crippen molar-refractivity contribution >= 4 is 21.9 Å². The molecule has 4 nitrogen and oxygen atoms in total. The van der Waals surface area contributed by atoms with Gasteiger partial charge in [-0.15, -0.1) is 0 Å². The summed E-state index contributed by atoms with van der Waals surface area (Å²) in [6.45, 7) is 1.78. The summed E-state index contributed by atoms with van der Waals surface area (Å²) in [4.78, 5) is 11.2. The zero-order valence-electron chi connectivity index (χ0n) is 9.41. The van der Waals surface area contributed by atoms with Crippen LogP contribution in [0.5, 0.6) is 0 Å². The largest absolute Gasteiger partial charge is 0.477 e. The number of rotatable bonds is 3. The predicted octanol–water partition coefficient (Wildman–Crippen LogP) is 3.50. The van der Waals surface area contributed by atoms with E-state index in [1.54, 1.807) is 6.92 Å². The van der Waals surface area contributed by atoms with Crippen LogP contribution in [0.3, 0.4) is 0 Å². The van der Waals surface area contributed by atoms with E-state index in [0.29, 0.717) is 17.7 Å². The van der Waals surface area contributed by atoms with E-state index in [-0.39, 0.29) is 15.7 Å². The highest BCUT2D eigenvalue weighted by Gasteiger charge is 2.22. The number of halogens is 2. The Morgan fingerprint density at radius 2 is 2.28 bits per heavy atom. The minimum Gasteiger partial charge on any atom is -0.477 e. The molecule has 0 aliphatic rings. The van der Waals surface area contributed by atoms with Crippen LogP contribution in [0.15, 0.2) is 27.2 Å². The third kappa shape index (κ3) is 2.15. The Labute approximate surface area is 111 Å². The summed E-state index contributed by atoms with van der Waals surface area (Å²) in [5.41, 5.74) is 0.722. The maximum absolute atomic E-state index is 13.1. The number of hydrogen-bond donors (Lipinski definition) is 1. The van der Waals surface area contributed by atoms with Gasteiger partial charge in [-0.2, -0.15) is 0 Å². The lowest BCUT2D eigenvalue weighted by Gasteiger charge is -2.00. The van der Waals surface area contributed by atoms with Gasteiger partial charge >= 0.3 is 5.97 Å². The fourth-order valence-electron chi connectivity index (χ4n) is 1.63. The molecular formula is C12H9BrFNO3. The molecule has 0 atom stereocenters. The summed E-state index contributed by atoms with van der Waals surface area (Å²) in [7, 11) is 0. The van der Waals surface area contributed by atoms with Gasteiger partial charge in [0.05, 0.1) is 4.47 Å². The molecule has 2 aromatic rings. The third-order valence-electron chi connectivity index (χ3n) is 2.49. The maximum Gasteiger partial charge on any atom is 0.341 e. The normalized spacial score (nSPS) is 10.6. The van der Waals surface area contributed by atoms with Crippen LogP contribution in [-0.4, -0.2) is 16.2 Å². The first-order chi connectivity index (χ1) is 8.54. The predicted molar refractivity (Wildman–Crippen MR) is 65.9 cm³/mol. The number of nitrogens with zero attached hydrogens (tertiary/aromatic N) is 1. The molecule has 6 heteroatoms. The van der Waals surface area contributed by atoms with Crippen molar-refractivity contribution in [3.05, 3.63) is 39.8 Å². The number of aromatic nitrogens is 1. The Morgan fingerprint density at radius 1 is 1.56 bits per heavy atom. The standard InChI is InChI=1S/C12H9BrFNO3/c1-2-9-10(12(16)17)11(15-18-9)6-3-4-8(14)7(13)5-6/h3-5H,2H2,1H3,(H,16,17). The minimum absolute atomic E-state index is 0.0241. The summed E-state index contributed by atoms with van der Waals surface area (Å²) in [5.74, 6) is -1.23. The quantitative estimate of drug-likeness (QED) is 0.942. The lowest BCUT2D eigenvalue weighted by atomic mass is 10.1. The highest BCUT2D eigenvalue weighted by molar-refractivity contribution is 9.10. The smallest absolute Gasteiger partial charge is 0.341 e. The first kappa shape index (κ1) is 12.8. The third-order valence-corrected chi connectivity index (χ3v) is 3.10. The van der Waals surface area contributed by atoms with Crippen LogP contribution in [0.1, 0.15) is 23.0 Å². The minimum atomic E-state index is -1.11. The average molecular weight is 314 g/mol. The van der Waals surface area contributed by atoms with Crippen molar-refractivity contribution in [1.29, 1.82) is 0 Å². The topological polar surface area (TPSA) is 63.3 Å². The van der Waals surface area contributed by atoms with E-state index in [1.807, 2.05) is 0 Å². The van der Waals surface area contributed by atoms with E-state index in [2.05, 4.69) is 21.1 Å². The molecule has 0 saturated heterocycles. The van der Waals surface area contributed by atoms with Crippen molar-refractivity contribution in [2.24, 2.45) is 0 Å². The summed E-state index contributed by atoms with van der Waals surface area (Å²) in [5, 5.41) is 12.9. The molecule has 1 heterocycles. The molecule has 0 radical (unpaired) electrons. The highest BCUT2D eigenvalue weighted by atomic mass is 79.9. The molecule has 1 aromatic heterocycles. The number of aromatic carboxylic acids is 1. The van der Waals surface area contributed by atoms with Crippen LogP contribution in [0.2, 0.25) is 0 Å². The summed E-state index contributed by atoms with van der Waals surface area (Å²) < 4.78 is 18.4. The van der Waals surface area contributed by atoms with E-state index in [1.165, 1.54) is 18.2 Å². The van der Waals surface area contributed by atoms with Gasteiger partial charge in [-0.05, 0) is 34.1 Å². The first-order valence-electron chi connectivity index (χ1n) is 5.21.